The van der Waals surface area contributed by atoms with Gasteiger partial charge in [0.2, 0.25) is 5.91 Å². The number of carbonyl (C=O) groups is 1. The molecule has 20 heavy (non-hydrogen) atoms. The van der Waals surface area contributed by atoms with E-state index in [1.165, 1.54) is 0 Å². The van der Waals surface area contributed by atoms with Crippen molar-refractivity contribution in [3.63, 3.8) is 0 Å². The number of nitrogens with one attached hydrogen (secondary N) is 1. The Hall–Kier alpha value is -1.14. The molecule has 0 spiro atoms. The fourth-order valence-corrected chi connectivity index (χ4v) is 4.08. The van der Waals surface area contributed by atoms with E-state index in [-0.39, 0.29) is 11.3 Å². The van der Waals surface area contributed by atoms with Crippen molar-refractivity contribution in [1.29, 1.82) is 0 Å². The minimum absolute atomic E-state index is 0.0524. The second kappa shape index (κ2) is 5.00. The number of anilines is 1. The van der Waals surface area contributed by atoms with Gasteiger partial charge in [-0.25, -0.2) is 4.98 Å². The third kappa shape index (κ3) is 2.67. The van der Waals surface area contributed by atoms with E-state index >= 15 is 0 Å². The molecule has 110 valence electrons. The molecule has 1 saturated heterocycles. The molecule has 5 nitrogen and oxygen atoms in total. The molecule has 0 aromatic carbocycles. The molecule has 2 N–H and O–H groups in total. The number of hydrogen-bond acceptors (Lipinski definition) is 5. The lowest BCUT2D eigenvalue weighted by molar-refractivity contribution is -0.119. The molecule has 1 aromatic heterocycles. The van der Waals surface area contributed by atoms with E-state index in [0.29, 0.717) is 6.54 Å². The van der Waals surface area contributed by atoms with E-state index < -0.39 is 6.10 Å². The van der Waals surface area contributed by atoms with Crippen molar-refractivity contribution >= 4 is 22.4 Å². The fraction of sp³-hybridized carbons (Fsp3) is 0.714. The largest absolute Gasteiger partial charge is 0.387 e. The lowest BCUT2D eigenvalue weighted by atomic mass is 9.77. The predicted octanol–water partition coefficient (Wildman–Crippen LogP) is 1.48. The minimum atomic E-state index is -0.416. The summed E-state index contributed by atoms with van der Waals surface area (Å²) in [6.45, 7) is 6.27. The van der Waals surface area contributed by atoms with E-state index in [1.54, 1.807) is 11.3 Å². The third-order valence-corrected chi connectivity index (χ3v) is 5.20. The van der Waals surface area contributed by atoms with Crippen molar-refractivity contribution in [2.45, 2.75) is 39.2 Å². The zero-order valence-electron chi connectivity index (χ0n) is 12.0. The first-order valence-electron chi connectivity index (χ1n) is 7.14. The Morgan fingerprint density at radius 3 is 3.10 bits per heavy atom. The Bertz CT molecular complexity index is 526. The van der Waals surface area contributed by atoms with Gasteiger partial charge in [-0.3, -0.25) is 4.79 Å². The fourth-order valence-electron chi connectivity index (χ4n) is 2.98. The zero-order valence-corrected chi connectivity index (χ0v) is 12.8. The second-order valence-electron chi connectivity index (χ2n) is 6.49. The topological polar surface area (TPSA) is 65.5 Å². The first-order valence-corrected chi connectivity index (χ1v) is 7.96. The first kappa shape index (κ1) is 13.8. The highest BCUT2D eigenvalue weighted by Gasteiger charge is 2.35. The van der Waals surface area contributed by atoms with Crippen molar-refractivity contribution < 1.29 is 9.90 Å². The van der Waals surface area contributed by atoms with Crippen LogP contribution in [0.15, 0.2) is 0 Å². The van der Waals surface area contributed by atoms with Crippen LogP contribution in [0.2, 0.25) is 0 Å². The zero-order chi connectivity index (χ0) is 14.3. The maximum absolute atomic E-state index is 11.7. The van der Waals surface area contributed by atoms with Gasteiger partial charge in [-0.2, -0.15) is 0 Å². The highest BCUT2D eigenvalue weighted by molar-refractivity contribution is 7.15. The minimum Gasteiger partial charge on any atom is -0.387 e. The molecular weight excluding hydrogens is 274 g/mol. The summed E-state index contributed by atoms with van der Waals surface area (Å²) in [5, 5.41) is 14.0. The summed E-state index contributed by atoms with van der Waals surface area (Å²) in [6, 6.07) is 0. The Balaban J connectivity index is 1.87. The predicted molar refractivity (Wildman–Crippen MR) is 79.0 cm³/mol. The number of nitrogens with zero attached hydrogens (tertiary/aromatic N) is 2. The van der Waals surface area contributed by atoms with Crippen molar-refractivity contribution in [3.8, 4) is 0 Å². The monoisotopic (exact) mass is 295 g/mol. The van der Waals surface area contributed by atoms with Gasteiger partial charge in [0.05, 0.1) is 23.2 Å². The summed E-state index contributed by atoms with van der Waals surface area (Å²) in [7, 11) is 0. The molecule has 0 radical (unpaired) electrons. The number of aliphatic hydroxyl groups excluding tert-OH is 1. The van der Waals surface area contributed by atoms with Gasteiger partial charge in [0.25, 0.3) is 0 Å². The van der Waals surface area contributed by atoms with Gasteiger partial charge in [-0.05, 0) is 24.7 Å². The van der Waals surface area contributed by atoms with E-state index in [0.717, 1.165) is 48.1 Å². The van der Waals surface area contributed by atoms with Crippen LogP contribution in [-0.2, 0) is 11.2 Å². The maximum atomic E-state index is 11.7. The molecule has 2 aliphatic rings. The van der Waals surface area contributed by atoms with Crippen LogP contribution in [0, 0.1) is 5.41 Å². The lowest BCUT2D eigenvalue weighted by Crippen LogP contribution is -2.33. The number of thiazole rings is 1. The quantitative estimate of drug-likeness (QED) is 0.823. The summed E-state index contributed by atoms with van der Waals surface area (Å²) in [5.41, 5.74) is 1.10. The number of fused-ring (bicyclic) bond motifs is 1. The van der Waals surface area contributed by atoms with Crippen LogP contribution in [0.25, 0.3) is 0 Å². The summed E-state index contributed by atoms with van der Waals surface area (Å²) in [4.78, 5) is 19.4. The molecule has 1 aliphatic carbocycles. The van der Waals surface area contributed by atoms with Crippen molar-refractivity contribution in [1.82, 2.24) is 10.3 Å². The number of carbonyl (C=O) groups excluding carboxylic acids is 1. The highest BCUT2D eigenvalue weighted by atomic mass is 32.1. The number of aromatic nitrogens is 1. The van der Waals surface area contributed by atoms with Crippen LogP contribution < -0.4 is 10.2 Å². The molecule has 1 atom stereocenters. The van der Waals surface area contributed by atoms with E-state index in [4.69, 9.17) is 4.98 Å². The van der Waals surface area contributed by atoms with Gasteiger partial charge in [0.1, 0.15) is 0 Å². The van der Waals surface area contributed by atoms with Crippen LogP contribution in [0.5, 0.6) is 0 Å². The van der Waals surface area contributed by atoms with Crippen LogP contribution in [0.1, 0.15) is 43.4 Å². The Labute approximate surface area is 123 Å². The summed E-state index contributed by atoms with van der Waals surface area (Å²) in [6.07, 6.45) is 2.20. The van der Waals surface area contributed by atoms with Crippen LogP contribution in [0.4, 0.5) is 5.13 Å². The average Bonchev–Trinajstić information content (AvgIpc) is 2.63. The summed E-state index contributed by atoms with van der Waals surface area (Å²) < 4.78 is 0. The molecule has 1 aromatic rings. The normalized spacial score (nSPS) is 25.9. The second-order valence-corrected chi connectivity index (χ2v) is 7.50. The molecule has 0 bridgehead atoms. The number of rotatable bonds is 1. The average molecular weight is 295 g/mol. The molecule has 1 amide bonds. The van der Waals surface area contributed by atoms with Gasteiger partial charge in [-0.15, -0.1) is 0 Å². The third-order valence-electron chi connectivity index (χ3n) is 3.94. The SMILES string of the molecule is CC1(C)Cc2nc(N3CCCNC(=O)C3)sc2C(O)C1. The molecule has 3 rings (SSSR count). The summed E-state index contributed by atoms with van der Waals surface area (Å²) >= 11 is 1.55. The molecule has 1 unspecified atom stereocenters. The van der Waals surface area contributed by atoms with Crippen molar-refractivity contribution in [2.75, 3.05) is 24.5 Å². The van der Waals surface area contributed by atoms with E-state index in [2.05, 4.69) is 19.2 Å². The van der Waals surface area contributed by atoms with Crippen molar-refractivity contribution in [3.05, 3.63) is 10.6 Å². The molecule has 1 fully saturated rings. The molecule has 0 saturated carbocycles. The van der Waals surface area contributed by atoms with Crippen LogP contribution >= 0.6 is 11.3 Å². The molecular formula is C14H21N3O2S. The van der Waals surface area contributed by atoms with E-state index in [9.17, 15) is 9.90 Å². The Kier molecular flexibility index (Phi) is 3.46. The van der Waals surface area contributed by atoms with Gasteiger partial charge in [-0.1, -0.05) is 25.2 Å². The molecule has 1 aliphatic heterocycles. The number of hydrogen-bond donors (Lipinski definition) is 2. The van der Waals surface area contributed by atoms with Crippen LogP contribution in [0.3, 0.4) is 0 Å². The molecule has 6 heteroatoms. The summed E-state index contributed by atoms with van der Waals surface area (Å²) in [5.74, 6) is 0.0524. The standard InChI is InChI=1S/C14H21N3O2S/c1-14(2)6-9-12(10(18)7-14)20-13(16-9)17-5-3-4-15-11(19)8-17/h10,18H,3-8H2,1-2H3,(H,15,19). The van der Waals surface area contributed by atoms with Gasteiger partial charge in [0, 0.05) is 13.1 Å². The van der Waals surface area contributed by atoms with Gasteiger partial charge < -0.3 is 15.3 Å². The lowest BCUT2D eigenvalue weighted by Gasteiger charge is -2.31. The number of aliphatic hydroxyl groups is 1. The van der Waals surface area contributed by atoms with Crippen molar-refractivity contribution in [2.24, 2.45) is 5.41 Å². The Morgan fingerprint density at radius 1 is 1.50 bits per heavy atom. The Morgan fingerprint density at radius 2 is 2.30 bits per heavy atom. The van der Waals surface area contributed by atoms with Gasteiger partial charge >= 0.3 is 0 Å². The van der Waals surface area contributed by atoms with Crippen LogP contribution in [-0.4, -0.2) is 35.6 Å². The smallest absolute Gasteiger partial charge is 0.239 e. The van der Waals surface area contributed by atoms with E-state index in [1.807, 2.05) is 4.90 Å². The van der Waals surface area contributed by atoms with Gasteiger partial charge in [0.15, 0.2) is 5.13 Å². The maximum Gasteiger partial charge on any atom is 0.239 e. The number of amides is 1. The first-order chi connectivity index (χ1) is 9.44. The highest BCUT2D eigenvalue weighted by Crippen LogP contribution is 2.44. The molecule has 2 heterocycles.